The van der Waals surface area contributed by atoms with Gasteiger partial charge in [-0.05, 0) is 22.0 Å². The molecule has 1 heterocycles. The lowest BCUT2D eigenvalue weighted by atomic mass is 10.0. The Morgan fingerprint density at radius 3 is 2.89 bits per heavy atom. The third-order valence-corrected chi connectivity index (χ3v) is 3.39. The molecule has 2 unspecified atom stereocenters. The smallest absolute Gasteiger partial charge is 0.141 e. The van der Waals surface area contributed by atoms with Crippen molar-refractivity contribution in [1.29, 1.82) is 0 Å². The summed E-state index contributed by atoms with van der Waals surface area (Å²) in [7, 11) is 1.43. The zero-order valence-corrected chi connectivity index (χ0v) is 11.4. The molecule has 0 amide bonds. The number of rotatable bonds is 3. The number of methoxy groups -OCH3 is 1. The summed E-state index contributed by atoms with van der Waals surface area (Å²) in [6.07, 6.45) is -1.39. The van der Waals surface area contributed by atoms with E-state index in [0.717, 1.165) is 0 Å². The maximum absolute atomic E-state index is 13.4. The third-order valence-electron chi connectivity index (χ3n) is 2.79. The molecule has 0 radical (unpaired) electrons. The molecule has 1 aliphatic rings. The van der Waals surface area contributed by atoms with Crippen molar-refractivity contribution in [2.75, 3.05) is 26.9 Å². The van der Waals surface area contributed by atoms with E-state index in [2.05, 4.69) is 15.9 Å². The van der Waals surface area contributed by atoms with Gasteiger partial charge in [0.05, 0.1) is 31.4 Å². The van der Waals surface area contributed by atoms with Gasteiger partial charge in [0.1, 0.15) is 23.8 Å². The monoisotopic (exact) mass is 320 g/mol. The Labute approximate surface area is 113 Å². The highest BCUT2D eigenvalue weighted by molar-refractivity contribution is 9.10. The van der Waals surface area contributed by atoms with Crippen molar-refractivity contribution in [3.8, 4) is 5.75 Å². The van der Waals surface area contributed by atoms with Crippen molar-refractivity contribution in [3.63, 3.8) is 0 Å². The first kappa shape index (κ1) is 13.7. The Bertz CT molecular complexity index is 421. The van der Waals surface area contributed by atoms with Gasteiger partial charge >= 0.3 is 0 Å². The minimum atomic E-state index is -0.919. The number of aliphatic hydroxyl groups is 1. The van der Waals surface area contributed by atoms with Crippen LogP contribution < -0.4 is 4.74 Å². The first-order valence-corrected chi connectivity index (χ1v) is 6.33. The molecule has 1 aromatic rings. The van der Waals surface area contributed by atoms with Crippen molar-refractivity contribution in [2.24, 2.45) is 0 Å². The summed E-state index contributed by atoms with van der Waals surface area (Å²) in [6.45, 7) is 1.26. The van der Waals surface area contributed by atoms with Crippen LogP contribution in [0.25, 0.3) is 0 Å². The molecule has 2 rings (SSSR count). The van der Waals surface area contributed by atoms with E-state index in [1.54, 1.807) is 0 Å². The predicted octanol–water partition coefficient (Wildman–Crippen LogP) is 2.05. The highest BCUT2D eigenvalue weighted by Crippen LogP contribution is 2.33. The fourth-order valence-electron chi connectivity index (χ4n) is 1.84. The van der Waals surface area contributed by atoms with Crippen LogP contribution in [0.1, 0.15) is 11.7 Å². The number of ether oxygens (including phenoxy) is 3. The first-order chi connectivity index (χ1) is 8.63. The van der Waals surface area contributed by atoms with Crippen LogP contribution in [0, 0.1) is 5.82 Å². The van der Waals surface area contributed by atoms with Gasteiger partial charge in [-0.15, -0.1) is 0 Å². The van der Waals surface area contributed by atoms with Gasteiger partial charge in [0.25, 0.3) is 0 Å². The number of benzene rings is 1. The number of hydrogen-bond acceptors (Lipinski definition) is 4. The average molecular weight is 321 g/mol. The van der Waals surface area contributed by atoms with Gasteiger partial charge in [-0.1, -0.05) is 0 Å². The minimum absolute atomic E-state index is 0.272. The fraction of sp³-hybridized carbons (Fsp3) is 0.500. The second-order valence-electron chi connectivity index (χ2n) is 3.94. The van der Waals surface area contributed by atoms with Crippen LogP contribution in [0.4, 0.5) is 4.39 Å². The molecule has 4 nitrogen and oxygen atoms in total. The topological polar surface area (TPSA) is 47.9 Å². The van der Waals surface area contributed by atoms with Gasteiger partial charge < -0.3 is 19.3 Å². The predicted molar refractivity (Wildman–Crippen MR) is 66.2 cm³/mol. The normalized spacial score (nSPS) is 21.7. The van der Waals surface area contributed by atoms with Gasteiger partial charge in [-0.3, -0.25) is 0 Å². The molecule has 0 spiro atoms. The number of hydrogen-bond donors (Lipinski definition) is 1. The van der Waals surface area contributed by atoms with Crippen LogP contribution in [0.3, 0.4) is 0 Å². The molecular weight excluding hydrogens is 307 g/mol. The summed E-state index contributed by atoms with van der Waals surface area (Å²) in [4.78, 5) is 0. The highest BCUT2D eigenvalue weighted by atomic mass is 79.9. The van der Waals surface area contributed by atoms with E-state index in [1.807, 2.05) is 0 Å². The SMILES string of the molecule is COc1cc(F)c(Br)cc1C(O)C1COCCO1. The largest absolute Gasteiger partial charge is 0.496 e. The van der Waals surface area contributed by atoms with E-state index in [4.69, 9.17) is 14.2 Å². The molecule has 0 aliphatic carbocycles. The van der Waals surface area contributed by atoms with Crippen LogP contribution in [0.15, 0.2) is 16.6 Å². The molecule has 1 fully saturated rings. The average Bonchev–Trinajstić information content (AvgIpc) is 2.41. The van der Waals surface area contributed by atoms with E-state index in [0.29, 0.717) is 25.4 Å². The lowest BCUT2D eigenvalue weighted by molar-refractivity contribution is -0.133. The molecule has 0 aromatic heterocycles. The molecule has 1 saturated heterocycles. The molecule has 1 aromatic carbocycles. The molecule has 100 valence electrons. The summed E-state index contributed by atoms with van der Waals surface area (Å²) in [5.41, 5.74) is 0.473. The van der Waals surface area contributed by atoms with Gasteiger partial charge in [-0.25, -0.2) is 4.39 Å². The van der Waals surface area contributed by atoms with Crippen LogP contribution in [-0.2, 0) is 9.47 Å². The van der Waals surface area contributed by atoms with Crippen molar-refractivity contribution >= 4 is 15.9 Å². The third kappa shape index (κ3) is 2.83. The summed E-state index contributed by atoms with van der Waals surface area (Å²) in [5.74, 6) is -0.152. The van der Waals surface area contributed by atoms with E-state index in [9.17, 15) is 9.50 Å². The summed E-state index contributed by atoms with van der Waals surface area (Å²) in [6, 6.07) is 2.73. The maximum Gasteiger partial charge on any atom is 0.141 e. The molecule has 0 saturated carbocycles. The van der Waals surface area contributed by atoms with E-state index in [-0.39, 0.29) is 10.2 Å². The fourth-order valence-corrected chi connectivity index (χ4v) is 2.20. The van der Waals surface area contributed by atoms with Crippen molar-refractivity contribution in [1.82, 2.24) is 0 Å². The van der Waals surface area contributed by atoms with Crippen molar-refractivity contribution in [3.05, 3.63) is 28.0 Å². The first-order valence-electron chi connectivity index (χ1n) is 5.54. The van der Waals surface area contributed by atoms with Crippen molar-refractivity contribution in [2.45, 2.75) is 12.2 Å². The molecule has 18 heavy (non-hydrogen) atoms. The van der Waals surface area contributed by atoms with Crippen LogP contribution in [0.5, 0.6) is 5.75 Å². The molecule has 1 N–H and O–H groups in total. The second kappa shape index (κ2) is 5.97. The number of aliphatic hydroxyl groups excluding tert-OH is 1. The lowest BCUT2D eigenvalue weighted by Crippen LogP contribution is -2.34. The Balaban J connectivity index is 2.27. The Morgan fingerprint density at radius 2 is 2.28 bits per heavy atom. The summed E-state index contributed by atoms with van der Waals surface area (Å²) < 4.78 is 29.4. The Morgan fingerprint density at radius 1 is 1.50 bits per heavy atom. The molecule has 0 bridgehead atoms. The number of halogens is 2. The quantitative estimate of drug-likeness (QED) is 0.926. The Hall–Kier alpha value is -0.690. The van der Waals surface area contributed by atoms with Gasteiger partial charge in [0.15, 0.2) is 0 Å². The molecule has 1 aliphatic heterocycles. The molecular formula is C12H14BrFO4. The van der Waals surface area contributed by atoms with Crippen LogP contribution >= 0.6 is 15.9 Å². The molecule has 6 heteroatoms. The highest BCUT2D eigenvalue weighted by Gasteiger charge is 2.27. The van der Waals surface area contributed by atoms with Gasteiger partial charge in [0, 0.05) is 11.6 Å². The minimum Gasteiger partial charge on any atom is -0.496 e. The van der Waals surface area contributed by atoms with Crippen LogP contribution in [0.2, 0.25) is 0 Å². The molecule has 2 atom stereocenters. The maximum atomic E-state index is 13.4. The second-order valence-corrected chi connectivity index (χ2v) is 4.79. The zero-order chi connectivity index (χ0) is 13.1. The Kier molecular flexibility index (Phi) is 4.55. The summed E-state index contributed by atoms with van der Waals surface area (Å²) >= 11 is 3.09. The standard InChI is InChI=1S/C12H14BrFO4/c1-16-10-5-9(14)8(13)4-7(10)12(15)11-6-17-2-3-18-11/h4-5,11-12,15H,2-3,6H2,1H3. The van der Waals surface area contributed by atoms with Gasteiger partial charge in [0.2, 0.25) is 0 Å². The summed E-state index contributed by atoms with van der Waals surface area (Å²) in [5, 5.41) is 10.2. The van der Waals surface area contributed by atoms with Crippen molar-refractivity contribution < 1.29 is 23.7 Å². The van der Waals surface area contributed by atoms with E-state index in [1.165, 1.54) is 19.2 Å². The van der Waals surface area contributed by atoms with E-state index >= 15 is 0 Å². The lowest BCUT2D eigenvalue weighted by Gasteiger charge is -2.28. The zero-order valence-electron chi connectivity index (χ0n) is 9.86. The van der Waals surface area contributed by atoms with Gasteiger partial charge in [-0.2, -0.15) is 0 Å². The van der Waals surface area contributed by atoms with E-state index < -0.39 is 18.0 Å². The van der Waals surface area contributed by atoms with Crippen LogP contribution in [-0.4, -0.2) is 38.1 Å².